The second kappa shape index (κ2) is 7.75. The predicted molar refractivity (Wildman–Crippen MR) is 105 cm³/mol. The van der Waals surface area contributed by atoms with Gasteiger partial charge in [0, 0.05) is 30.9 Å². The SMILES string of the molecule is C[C@@H](N)CNC(=O)c1cnn2ccc(N3CCCC3c3cc(F)ccc3F)nc12. The number of nitrogens with one attached hydrogen (secondary N) is 1. The van der Waals surface area contributed by atoms with Crippen molar-refractivity contribution in [1.82, 2.24) is 19.9 Å². The van der Waals surface area contributed by atoms with Crippen LogP contribution in [0.2, 0.25) is 0 Å². The molecule has 3 N–H and O–H groups in total. The molecule has 29 heavy (non-hydrogen) atoms. The van der Waals surface area contributed by atoms with E-state index in [-0.39, 0.29) is 18.0 Å². The van der Waals surface area contributed by atoms with E-state index in [9.17, 15) is 13.6 Å². The van der Waals surface area contributed by atoms with Crippen molar-refractivity contribution in [3.63, 3.8) is 0 Å². The molecule has 0 radical (unpaired) electrons. The summed E-state index contributed by atoms with van der Waals surface area (Å²) in [5.74, 6) is -0.633. The number of rotatable bonds is 5. The maximum absolute atomic E-state index is 14.3. The van der Waals surface area contributed by atoms with Gasteiger partial charge in [-0.2, -0.15) is 5.10 Å². The average molecular weight is 400 g/mol. The van der Waals surface area contributed by atoms with Crippen LogP contribution >= 0.6 is 0 Å². The number of amides is 1. The molecule has 4 rings (SSSR count). The lowest BCUT2D eigenvalue weighted by Gasteiger charge is -2.26. The maximum Gasteiger partial charge on any atom is 0.256 e. The van der Waals surface area contributed by atoms with Crippen molar-refractivity contribution in [2.45, 2.75) is 31.8 Å². The monoisotopic (exact) mass is 400 g/mol. The van der Waals surface area contributed by atoms with Crippen LogP contribution in [0.15, 0.2) is 36.7 Å². The van der Waals surface area contributed by atoms with Gasteiger partial charge >= 0.3 is 0 Å². The summed E-state index contributed by atoms with van der Waals surface area (Å²) in [5.41, 5.74) is 6.74. The summed E-state index contributed by atoms with van der Waals surface area (Å²) in [6.07, 6.45) is 4.68. The molecule has 0 saturated carbocycles. The number of fused-ring (bicyclic) bond motifs is 1. The second-order valence-corrected chi connectivity index (χ2v) is 7.32. The molecule has 7 nitrogen and oxygen atoms in total. The Hall–Kier alpha value is -3.07. The number of hydrogen-bond donors (Lipinski definition) is 2. The standard InChI is InChI=1S/C20H22F2N6O/c1-12(23)10-24-20(29)15-11-25-28-8-6-18(26-19(15)28)27-7-2-3-17(27)14-9-13(21)4-5-16(14)22/h4-6,8-9,11-12,17H,2-3,7,10,23H2,1H3,(H,24,29)/t12-,17?/m1/s1. The van der Waals surface area contributed by atoms with Crippen LogP contribution < -0.4 is 16.0 Å². The zero-order chi connectivity index (χ0) is 20.5. The fourth-order valence-electron chi connectivity index (χ4n) is 3.66. The van der Waals surface area contributed by atoms with E-state index in [0.29, 0.717) is 42.1 Å². The van der Waals surface area contributed by atoms with Crippen molar-refractivity contribution >= 4 is 17.4 Å². The van der Waals surface area contributed by atoms with Crippen molar-refractivity contribution in [3.05, 3.63) is 59.4 Å². The first-order valence-corrected chi connectivity index (χ1v) is 9.54. The number of aromatic nitrogens is 3. The molecular weight excluding hydrogens is 378 g/mol. The number of carbonyl (C=O) groups is 1. The second-order valence-electron chi connectivity index (χ2n) is 7.32. The fourth-order valence-corrected chi connectivity index (χ4v) is 3.66. The van der Waals surface area contributed by atoms with Crippen LogP contribution in [-0.4, -0.2) is 39.6 Å². The first kappa shape index (κ1) is 19.3. The van der Waals surface area contributed by atoms with Crippen LogP contribution in [0.3, 0.4) is 0 Å². The lowest BCUT2D eigenvalue weighted by atomic mass is 10.0. The van der Waals surface area contributed by atoms with Crippen molar-refractivity contribution in [3.8, 4) is 0 Å². The lowest BCUT2D eigenvalue weighted by molar-refractivity contribution is 0.0953. The molecule has 1 aliphatic rings. The molecule has 1 saturated heterocycles. The van der Waals surface area contributed by atoms with Crippen molar-refractivity contribution in [2.24, 2.45) is 5.73 Å². The smallest absolute Gasteiger partial charge is 0.256 e. The highest BCUT2D eigenvalue weighted by molar-refractivity contribution is 5.99. The van der Waals surface area contributed by atoms with Crippen LogP contribution in [0.5, 0.6) is 0 Å². The molecule has 3 heterocycles. The molecule has 1 unspecified atom stereocenters. The van der Waals surface area contributed by atoms with E-state index in [1.807, 2.05) is 4.90 Å². The Morgan fingerprint density at radius 1 is 1.38 bits per heavy atom. The summed E-state index contributed by atoms with van der Waals surface area (Å²) >= 11 is 0. The number of hydrogen-bond acceptors (Lipinski definition) is 5. The molecule has 0 spiro atoms. The Kier molecular flexibility index (Phi) is 5.14. The van der Waals surface area contributed by atoms with Crippen LogP contribution in [0.1, 0.15) is 41.7 Å². The van der Waals surface area contributed by atoms with Gasteiger partial charge in [-0.3, -0.25) is 4.79 Å². The minimum absolute atomic E-state index is 0.171. The Balaban J connectivity index is 1.67. The molecule has 1 fully saturated rings. The first-order valence-electron chi connectivity index (χ1n) is 9.54. The fraction of sp³-hybridized carbons (Fsp3) is 0.350. The highest BCUT2D eigenvalue weighted by atomic mass is 19.1. The van der Waals surface area contributed by atoms with Crippen LogP contribution in [0, 0.1) is 11.6 Å². The largest absolute Gasteiger partial charge is 0.350 e. The number of carbonyl (C=O) groups excluding carboxylic acids is 1. The predicted octanol–water partition coefficient (Wildman–Crippen LogP) is 2.43. The van der Waals surface area contributed by atoms with Gasteiger partial charge < -0.3 is 16.0 Å². The highest BCUT2D eigenvalue weighted by Crippen LogP contribution is 2.36. The van der Waals surface area contributed by atoms with Gasteiger partial charge in [0.2, 0.25) is 0 Å². The van der Waals surface area contributed by atoms with Gasteiger partial charge in [-0.15, -0.1) is 0 Å². The zero-order valence-corrected chi connectivity index (χ0v) is 16.0. The summed E-state index contributed by atoms with van der Waals surface area (Å²) in [6.45, 7) is 2.79. The molecule has 1 aliphatic heterocycles. The summed E-state index contributed by atoms with van der Waals surface area (Å²) in [7, 11) is 0. The van der Waals surface area contributed by atoms with Gasteiger partial charge in [-0.1, -0.05) is 0 Å². The van der Waals surface area contributed by atoms with Crippen LogP contribution in [-0.2, 0) is 0 Å². The van der Waals surface area contributed by atoms with Gasteiger partial charge in [0.15, 0.2) is 5.65 Å². The Bertz CT molecular complexity index is 1050. The molecule has 2 atom stereocenters. The van der Waals surface area contributed by atoms with Gasteiger partial charge in [0.05, 0.1) is 12.2 Å². The normalized spacial score (nSPS) is 17.7. The average Bonchev–Trinajstić information content (AvgIpc) is 3.34. The molecule has 0 bridgehead atoms. The lowest BCUT2D eigenvalue weighted by Crippen LogP contribution is -2.35. The van der Waals surface area contributed by atoms with Crippen LogP contribution in [0.4, 0.5) is 14.6 Å². The van der Waals surface area contributed by atoms with Crippen molar-refractivity contribution in [1.29, 1.82) is 0 Å². The molecule has 0 aliphatic carbocycles. The number of halogens is 2. The summed E-state index contributed by atoms with van der Waals surface area (Å²) in [6, 6.07) is 4.77. The Morgan fingerprint density at radius 3 is 3.00 bits per heavy atom. The van der Waals surface area contributed by atoms with E-state index in [0.717, 1.165) is 18.6 Å². The Morgan fingerprint density at radius 2 is 2.21 bits per heavy atom. The number of benzene rings is 1. The molecule has 152 valence electrons. The summed E-state index contributed by atoms with van der Waals surface area (Å²) < 4.78 is 29.6. The van der Waals surface area contributed by atoms with Crippen LogP contribution in [0.25, 0.3) is 5.65 Å². The third kappa shape index (κ3) is 3.77. The minimum atomic E-state index is -0.472. The van der Waals surface area contributed by atoms with Crippen molar-refractivity contribution in [2.75, 3.05) is 18.0 Å². The van der Waals surface area contributed by atoms with E-state index in [1.54, 1.807) is 19.2 Å². The minimum Gasteiger partial charge on any atom is -0.350 e. The van der Waals surface area contributed by atoms with Gasteiger partial charge in [0.1, 0.15) is 23.0 Å². The quantitative estimate of drug-likeness (QED) is 0.687. The van der Waals surface area contributed by atoms with Gasteiger partial charge in [-0.25, -0.2) is 18.3 Å². The van der Waals surface area contributed by atoms with E-state index in [1.165, 1.54) is 16.8 Å². The summed E-state index contributed by atoms with van der Waals surface area (Å²) in [5, 5.41) is 6.92. The van der Waals surface area contributed by atoms with E-state index >= 15 is 0 Å². The molecule has 9 heteroatoms. The molecule has 1 amide bonds. The van der Waals surface area contributed by atoms with Crippen molar-refractivity contribution < 1.29 is 13.6 Å². The van der Waals surface area contributed by atoms with E-state index in [4.69, 9.17) is 5.73 Å². The molecule has 3 aromatic rings. The maximum atomic E-state index is 14.3. The number of anilines is 1. The van der Waals surface area contributed by atoms with E-state index in [2.05, 4.69) is 15.4 Å². The summed E-state index contributed by atoms with van der Waals surface area (Å²) in [4.78, 5) is 19.0. The first-order chi connectivity index (χ1) is 13.9. The molecular formula is C20H22F2N6O. The highest BCUT2D eigenvalue weighted by Gasteiger charge is 2.30. The Labute approximate surface area is 166 Å². The molecule has 2 aromatic heterocycles. The number of nitrogens with two attached hydrogens (primary N) is 1. The van der Waals surface area contributed by atoms with Gasteiger partial charge in [-0.05, 0) is 44.0 Å². The van der Waals surface area contributed by atoms with E-state index < -0.39 is 11.6 Å². The third-order valence-corrected chi connectivity index (χ3v) is 5.05. The zero-order valence-electron chi connectivity index (χ0n) is 16.0. The van der Waals surface area contributed by atoms with Gasteiger partial charge in [0.25, 0.3) is 5.91 Å². The molecule has 1 aromatic carbocycles. The third-order valence-electron chi connectivity index (χ3n) is 5.05. The topological polar surface area (TPSA) is 88.5 Å². The number of nitrogens with zero attached hydrogens (tertiary/aromatic N) is 4.